The second kappa shape index (κ2) is 7.86. The lowest BCUT2D eigenvalue weighted by atomic mass is 9.88. The summed E-state index contributed by atoms with van der Waals surface area (Å²) in [5, 5.41) is 5.85. The molecule has 4 nitrogen and oxygen atoms in total. The van der Waals surface area contributed by atoms with E-state index in [-0.39, 0.29) is 11.8 Å². The number of benzene rings is 2. The van der Waals surface area contributed by atoms with Gasteiger partial charge in [0.25, 0.3) is 0 Å². The van der Waals surface area contributed by atoms with E-state index in [9.17, 15) is 4.79 Å². The third-order valence-corrected chi connectivity index (χ3v) is 6.19. The molecule has 6 heteroatoms. The van der Waals surface area contributed by atoms with Crippen molar-refractivity contribution < 1.29 is 14.3 Å². The molecule has 1 aromatic heterocycles. The molecule has 3 aromatic rings. The molecule has 2 heterocycles. The first kappa shape index (κ1) is 18.8. The van der Waals surface area contributed by atoms with Gasteiger partial charge in [-0.1, -0.05) is 35.9 Å². The van der Waals surface area contributed by atoms with Crippen molar-refractivity contribution >= 4 is 34.5 Å². The number of para-hydroxylation sites is 1. The number of carbonyl (C=O) groups excluding carboxylic acids is 1. The summed E-state index contributed by atoms with van der Waals surface area (Å²) < 4.78 is 11.4. The number of carbonyl (C=O) groups is 1. The van der Waals surface area contributed by atoms with E-state index >= 15 is 0 Å². The minimum Gasteiger partial charge on any atom is -0.493 e. The molecule has 0 unspecified atom stereocenters. The van der Waals surface area contributed by atoms with E-state index in [1.54, 1.807) is 18.4 Å². The Balaban J connectivity index is 1.83. The molecule has 2 aromatic carbocycles. The van der Waals surface area contributed by atoms with Gasteiger partial charge in [0, 0.05) is 38.7 Å². The molecule has 1 atom stereocenters. The topological polar surface area (TPSA) is 47.6 Å². The van der Waals surface area contributed by atoms with Crippen LogP contribution in [0.2, 0.25) is 5.02 Å². The number of hydrogen-bond acceptors (Lipinski definition) is 4. The molecule has 0 fully saturated rings. The van der Waals surface area contributed by atoms with E-state index < -0.39 is 0 Å². The van der Waals surface area contributed by atoms with Gasteiger partial charge in [-0.3, -0.25) is 4.79 Å². The Hall–Kier alpha value is -2.50. The van der Waals surface area contributed by atoms with Gasteiger partial charge in [0.1, 0.15) is 0 Å². The summed E-state index contributed by atoms with van der Waals surface area (Å²) in [4.78, 5) is 13.7. The van der Waals surface area contributed by atoms with Gasteiger partial charge in [-0.05, 0) is 30.7 Å². The molecule has 28 heavy (non-hydrogen) atoms. The average molecular weight is 414 g/mol. The highest BCUT2D eigenvalue weighted by atomic mass is 35.5. The summed E-state index contributed by atoms with van der Waals surface area (Å²) in [6.07, 6.45) is 0.376. The van der Waals surface area contributed by atoms with Crippen LogP contribution in [0.3, 0.4) is 0 Å². The number of thiophene rings is 1. The second-order valence-electron chi connectivity index (χ2n) is 6.51. The van der Waals surface area contributed by atoms with Crippen molar-refractivity contribution in [3.63, 3.8) is 0 Å². The van der Waals surface area contributed by atoms with Gasteiger partial charge in [0.15, 0.2) is 11.5 Å². The predicted molar refractivity (Wildman–Crippen MR) is 114 cm³/mol. The van der Waals surface area contributed by atoms with Crippen LogP contribution >= 0.6 is 22.9 Å². The molecule has 0 aliphatic carbocycles. The number of fused-ring (bicyclic) bond motifs is 1. The molecular formula is C22H20ClNO3S. The quantitative estimate of drug-likeness (QED) is 0.562. The lowest BCUT2D eigenvalue weighted by molar-refractivity contribution is -0.116. The number of nitrogens with one attached hydrogen (secondary N) is 1. The Labute approximate surface area is 173 Å². The first-order valence-electron chi connectivity index (χ1n) is 9.09. The summed E-state index contributed by atoms with van der Waals surface area (Å²) in [5.41, 5.74) is 3.88. The van der Waals surface area contributed by atoms with Crippen molar-refractivity contribution in [3.05, 3.63) is 63.3 Å². The van der Waals surface area contributed by atoms with Crippen molar-refractivity contribution in [1.29, 1.82) is 0 Å². The smallest absolute Gasteiger partial charge is 0.225 e. The Morgan fingerprint density at radius 2 is 2.00 bits per heavy atom. The Morgan fingerprint density at radius 3 is 2.71 bits per heavy atom. The first-order valence-corrected chi connectivity index (χ1v) is 10.3. The van der Waals surface area contributed by atoms with Crippen LogP contribution in [0.4, 0.5) is 5.69 Å². The van der Waals surface area contributed by atoms with E-state index in [1.165, 1.54) is 0 Å². The first-order chi connectivity index (χ1) is 13.6. The number of rotatable bonds is 5. The van der Waals surface area contributed by atoms with Crippen LogP contribution in [0.15, 0.2) is 47.8 Å². The van der Waals surface area contributed by atoms with Gasteiger partial charge in [0.2, 0.25) is 5.91 Å². The van der Waals surface area contributed by atoms with Gasteiger partial charge in [-0.15, -0.1) is 11.3 Å². The van der Waals surface area contributed by atoms with E-state index in [0.29, 0.717) is 29.5 Å². The van der Waals surface area contributed by atoms with Crippen molar-refractivity contribution in [1.82, 2.24) is 0 Å². The van der Waals surface area contributed by atoms with Crippen LogP contribution in [0.5, 0.6) is 11.5 Å². The van der Waals surface area contributed by atoms with Crippen molar-refractivity contribution in [3.8, 4) is 22.6 Å². The van der Waals surface area contributed by atoms with Crippen molar-refractivity contribution in [2.75, 3.05) is 19.0 Å². The van der Waals surface area contributed by atoms with Crippen LogP contribution < -0.4 is 14.8 Å². The van der Waals surface area contributed by atoms with Crippen molar-refractivity contribution in [2.24, 2.45) is 0 Å². The SMILES string of the molecule is CCOc1c(OC)cccc1[C@@H]1CC(=O)Nc2c(-c3ccc(Cl)cc3)csc21. The van der Waals surface area contributed by atoms with Crippen LogP contribution in [0, 0.1) is 0 Å². The molecule has 0 spiro atoms. The average Bonchev–Trinajstić information content (AvgIpc) is 3.12. The maximum absolute atomic E-state index is 12.6. The zero-order chi connectivity index (χ0) is 19.7. The Morgan fingerprint density at radius 1 is 1.21 bits per heavy atom. The third-order valence-electron chi connectivity index (χ3n) is 4.84. The summed E-state index contributed by atoms with van der Waals surface area (Å²) in [7, 11) is 1.63. The lowest BCUT2D eigenvalue weighted by Crippen LogP contribution is -2.23. The van der Waals surface area contributed by atoms with E-state index in [4.69, 9.17) is 21.1 Å². The fraction of sp³-hybridized carbons (Fsp3) is 0.227. The summed E-state index contributed by atoms with van der Waals surface area (Å²) in [6.45, 7) is 2.47. The molecule has 0 bridgehead atoms. The number of halogens is 1. The molecule has 1 aliphatic rings. The zero-order valence-corrected chi connectivity index (χ0v) is 17.2. The molecule has 1 amide bonds. The van der Waals surface area contributed by atoms with Gasteiger partial charge in [0.05, 0.1) is 19.4 Å². The number of amides is 1. The monoisotopic (exact) mass is 413 g/mol. The fourth-order valence-electron chi connectivity index (χ4n) is 3.59. The number of hydrogen-bond donors (Lipinski definition) is 1. The molecule has 4 rings (SSSR count). The van der Waals surface area contributed by atoms with Crippen LogP contribution in [0.25, 0.3) is 11.1 Å². The third kappa shape index (κ3) is 3.36. The van der Waals surface area contributed by atoms with Crippen LogP contribution in [0.1, 0.15) is 29.7 Å². The Bertz CT molecular complexity index is 1010. The normalized spacial score (nSPS) is 15.7. The number of ether oxygens (including phenoxy) is 2. The fourth-order valence-corrected chi connectivity index (χ4v) is 4.86. The molecule has 1 N–H and O–H groups in total. The van der Waals surface area contributed by atoms with Crippen molar-refractivity contribution in [2.45, 2.75) is 19.3 Å². The maximum atomic E-state index is 12.6. The summed E-state index contributed by atoms with van der Waals surface area (Å²) in [5.74, 6) is 1.31. The van der Waals surface area contributed by atoms with E-state index in [1.807, 2.05) is 49.4 Å². The molecule has 0 saturated heterocycles. The number of methoxy groups -OCH3 is 1. The molecule has 0 radical (unpaired) electrons. The predicted octanol–water partition coefficient (Wildman–Crippen LogP) is 5.95. The lowest BCUT2D eigenvalue weighted by Gasteiger charge is -2.26. The molecule has 1 aliphatic heterocycles. The summed E-state index contributed by atoms with van der Waals surface area (Å²) >= 11 is 7.68. The Kier molecular flexibility index (Phi) is 5.29. The minimum atomic E-state index is -0.0774. The van der Waals surface area contributed by atoms with E-state index in [2.05, 4.69) is 10.7 Å². The highest BCUT2D eigenvalue weighted by molar-refractivity contribution is 7.11. The highest BCUT2D eigenvalue weighted by Crippen LogP contribution is 2.49. The van der Waals surface area contributed by atoms with Gasteiger partial charge >= 0.3 is 0 Å². The summed E-state index contributed by atoms with van der Waals surface area (Å²) in [6, 6.07) is 13.5. The zero-order valence-electron chi connectivity index (χ0n) is 15.6. The van der Waals surface area contributed by atoms with E-state index in [0.717, 1.165) is 27.3 Å². The molecule has 0 saturated carbocycles. The minimum absolute atomic E-state index is 0.00335. The highest BCUT2D eigenvalue weighted by Gasteiger charge is 2.33. The van der Waals surface area contributed by atoms with Gasteiger partial charge in [-0.2, -0.15) is 0 Å². The molecule has 144 valence electrons. The number of anilines is 1. The van der Waals surface area contributed by atoms with Crippen LogP contribution in [-0.4, -0.2) is 19.6 Å². The largest absolute Gasteiger partial charge is 0.493 e. The molecular weight excluding hydrogens is 394 g/mol. The second-order valence-corrected chi connectivity index (χ2v) is 7.86. The van der Waals surface area contributed by atoms with Gasteiger partial charge in [-0.25, -0.2) is 0 Å². The maximum Gasteiger partial charge on any atom is 0.225 e. The van der Waals surface area contributed by atoms with Crippen LogP contribution in [-0.2, 0) is 4.79 Å². The standard InChI is InChI=1S/C22H20ClNO3S/c1-3-27-21-15(5-4-6-18(21)26-2)16-11-19(25)24-20-17(12-28-22(16)20)13-7-9-14(23)10-8-13/h4-10,12,16H,3,11H2,1-2H3,(H,24,25)/t16-/m0/s1. The van der Waals surface area contributed by atoms with Gasteiger partial charge < -0.3 is 14.8 Å².